The molecule has 6 nitrogen and oxygen atoms in total. The van der Waals surface area contributed by atoms with Crippen LogP contribution in [0.4, 0.5) is 10.4 Å². The summed E-state index contributed by atoms with van der Waals surface area (Å²) in [5, 5.41) is 3.12. The molecule has 2 heterocycles. The van der Waals surface area contributed by atoms with Crippen LogP contribution in [0, 0.1) is 5.82 Å². The van der Waals surface area contributed by atoms with E-state index in [9.17, 15) is 4.39 Å². The molecule has 2 aromatic carbocycles. The zero-order valence-electron chi connectivity index (χ0n) is 14.2. The van der Waals surface area contributed by atoms with E-state index < -0.39 is 0 Å². The molecular weight excluding hydrogens is 337 g/mol. The van der Waals surface area contributed by atoms with Gasteiger partial charge in [0, 0.05) is 11.6 Å². The summed E-state index contributed by atoms with van der Waals surface area (Å²) in [5.74, 6) is 1.45. The van der Waals surface area contributed by atoms with Crippen LogP contribution in [0.5, 0.6) is 5.75 Å². The number of aromatic nitrogens is 2. The fourth-order valence-corrected chi connectivity index (χ4v) is 2.58. The summed E-state index contributed by atoms with van der Waals surface area (Å²) < 4.78 is 29.7. The summed E-state index contributed by atoms with van der Waals surface area (Å²) in [6.07, 6.45) is 1.61. The molecule has 0 radical (unpaired) electrons. The summed E-state index contributed by atoms with van der Waals surface area (Å²) in [7, 11) is 1.60. The standard InChI is InChI=1S/C19H16FN3O3/c1-11(18-21-10-17(25-18)12-3-5-13(20)6-4-12)22-19-23-15-8-7-14(24-2)9-16(15)26-19/h3-11H,1-2H3,(H,22,23). The van der Waals surface area contributed by atoms with E-state index in [0.717, 1.165) is 11.1 Å². The van der Waals surface area contributed by atoms with Gasteiger partial charge in [0.2, 0.25) is 5.89 Å². The van der Waals surface area contributed by atoms with Crippen molar-refractivity contribution in [3.05, 3.63) is 60.4 Å². The van der Waals surface area contributed by atoms with Crippen molar-refractivity contribution in [2.75, 3.05) is 12.4 Å². The minimum absolute atomic E-state index is 0.265. The highest BCUT2D eigenvalue weighted by Gasteiger charge is 2.16. The van der Waals surface area contributed by atoms with Gasteiger partial charge in [0.25, 0.3) is 6.01 Å². The molecule has 4 aromatic rings. The number of hydrogen-bond donors (Lipinski definition) is 1. The molecule has 132 valence electrons. The minimum Gasteiger partial charge on any atom is -0.497 e. The van der Waals surface area contributed by atoms with Gasteiger partial charge in [-0.25, -0.2) is 9.37 Å². The molecule has 0 fully saturated rings. The lowest BCUT2D eigenvalue weighted by atomic mass is 10.2. The SMILES string of the molecule is COc1ccc2nc(NC(C)c3ncc(-c4ccc(F)cc4)o3)oc2c1. The highest BCUT2D eigenvalue weighted by molar-refractivity contribution is 5.76. The van der Waals surface area contributed by atoms with E-state index in [0.29, 0.717) is 29.0 Å². The van der Waals surface area contributed by atoms with Gasteiger partial charge in [0.05, 0.1) is 13.3 Å². The maximum atomic E-state index is 13.0. The number of fused-ring (bicyclic) bond motifs is 1. The third-order valence-corrected chi connectivity index (χ3v) is 3.96. The number of anilines is 1. The fourth-order valence-electron chi connectivity index (χ4n) is 2.58. The van der Waals surface area contributed by atoms with Crippen LogP contribution >= 0.6 is 0 Å². The fraction of sp³-hybridized carbons (Fsp3) is 0.158. The van der Waals surface area contributed by atoms with E-state index in [1.54, 1.807) is 31.5 Å². The van der Waals surface area contributed by atoms with Gasteiger partial charge in [-0.05, 0) is 43.3 Å². The first-order valence-electron chi connectivity index (χ1n) is 8.05. The molecule has 1 N–H and O–H groups in total. The number of benzene rings is 2. The number of rotatable bonds is 5. The first-order valence-corrected chi connectivity index (χ1v) is 8.05. The predicted molar refractivity (Wildman–Crippen MR) is 94.5 cm³/mol. The van der Waals surface area contributed by atoms with E-state index in [1.165, 1.54) is 12.1 Å². The second-order valence-corrected chi connectivity index (χ2v) is 5.79. The van der Waals surface area contributed by atoms with Gasteiger partial charge < -0.3 is 18.9 Å². The van der Waals surface area contributed by atoms with Crippen molar-refractivity contribution in [2.24, 2.45) is 0 Å². The molecule has 0 bridgehead atoms. The largest absolute Gasteiger partial charge is 0.497 e. The van der Waals surface area contributed by atoms with E-state index >= 15 is 0 Å². The highest BCUT2D eigenvalue weighted by Crippen LogP contribution is 2.28. The first-order chi connectivity index (χ1) is 12.6. The van der Waals surface area contributed by atoms with Gasteiger partial charge in [0.1, 0.15) is 23.1 Å². The van der Waals surface area contributed by atoms with Crippen molar-refractivity contribution < 1.29 is 18.0 Å². The number of nitrogens with zero attached hydrogens (tertiary/aromatic N) is 2. The maximum Gasteiger partial charge on any atom is 0.296 e. The summed E-state index contributed by atoms with van der Waals surface area (Å²) in [4.78, 5) is 8.66. The normalized spacial score (nSPS) is 12.3. The summed E-state index contributed by atoms with van der Waals surface area (Å²) in [6, 6.07) is 11.6. The monoisotopic (exact) mass is 353 g/mol. The van der Waals surface area contributed by atoms with Gasteiger partial charge in [-0.1, -0.05) is 0 Å². The lowest BCUT2D eigenvalue weighted by Gasteiger charge is -2.07. The molecule has 0 saturated heterocycles. The zero-order chi connectivity index (χ0) is 18.1. The van der Waals surface area contributed by atoms with Crippen LogP contribution in [0.15, 0.2) is 57.5 Å². The van der Waals surface area contributed by atoms with Crippen LogP contribution < -0.4 is 10.1 Å². The number of ether oxygens (including phenoxy) is 1. The van der Waals surface area contributed by atoms with Gasteiger partial charge in [-0.2, -0.15) is 4.98 Å². The van der Waals surface area contributed by atoms with Crippen molar-refractivity contribution in [1.82, 2.24) is 9.97 Å². The van der Waals surface area contributed by atoms with Crippen molar-refractivity contribution in [1.29, 1.82) is 0 Å². The highest BCUT2D eigenvalue weighted by atomic mass is 19.1. The molecule has 0 aliphatic carbocycles. The van der Waals surface area contributed by atoms with Crippen LogP contribution in [0.25, 0.3) is 22.4 Å². The Labute approximate surface area is 148 Å². The number of nitrogens with one attached hydrogen (secondary N) is 1. The molecule has 1 atom stereocenters. The number of oxazole rings is 2. The average Bonchev–Trinajstić information content (AvgIpc) is 3.28. The Hall–Kier alpha value is -3.35. The Balaban J connectivity index is 1.53. The van der Waals surface area contributed by atoms with Crippen LogP contribution in [0.3, 0.4) is 0 Å². The quantitative estimate of drug-likeness (QED) is 0.555. The van der Waals surface area contributed by atoms with E-state index in [4.69, 9.17) is 13.6 Å². The second kappa shape index (κ2) is 6.51. The number of hydrogen-bond acceptors (Lipinski definition) is 6. The molecule has 0 spiro atoms. The molecule has 2 aromatic heterocycles. The Morgan fingerprint density at radius 2 is 1.92 bits per heavy atom. The molecule has 4 rings (SSSR count). The Morgan fingerprint density at radius 1 is 1.12 bits per heavy atom. The molecule has 0 saturated carbocycles. The Bertz CT molecular complexity index is 1040. The molecule has 0 aliphatic rings. The average molecular weight is 353 g/mol. The topological polar surface area (TPSA) is 73.3 Å². The van der Waals surface area contributed by atoms with E-state index in [2.05, 4.69) is 15.3 Å². The third kappa shape index (κ3) is 3.11. The number of methoxy groups -OCH3 is 1. The lowest BCUT2D eigenvalue weighted by molar-refractivity contribution is 0.414. The zero-order valence-corrected chi connectivity index (χ0v) is 14.2. The molecule has 0 amide bonds. The first kappa shape index (κ1) is 16.1. The summed E-state index contributed by atoms with van der Waals surface area (Å²) in [6.45, 7) is 1.88. The molecule has 26 heavy (non-hydrogen) atoms. The molecule has 7 heteroatoms. The van der Waals surface area contributed by atoms with Crippen molar-refractivity contribution >= 4 is 17.1 Å². The van der Waals surface area contributed by atoms with Crippen LogP contribution in [-0.2, 0) is 0 Å². The van der Waals surface area contributed by atoms with Crippen molar-refractivity contribution in [3.8, 4) is 17.1 Å². The predicted octanol–water partition coefficient (Wildman–Crippen LogP) is 4.80. The third-order valence-electron chi connectivity index (χ3n) is 3.96. The van der Waals surface area contributed by atoms with Crippen LogP contribution in [0.1, 0.15) is 18.9 Å². The lowest BCUT2D eigenvalue weighted by Crippen LogP contribution is -2.06. The summed E-state index contributed by atoms with van der Waals surface area (Å²) in [5.41, 5.74) is 2.10. The maximum absolute atomic E-state index is 13.0. The van der Waals surface area contributed by atoms with Crippen molar-refractivity contribution in [2.45, 2.75) is 13.0 Å². The summed E-state index contributed by atoms with van der Waals surface area (Å²) >= 11 is 0. The molecule has 1 unspecified atom stereocenters. The number of halogens is 1. The molecule has 0 aliphatic heterocycles. The molecular formula is C19H16FN3O3. The van der Waals surface area contributed by atoms with Crippen LogP contribution in [0.2, 0.25) is 0 Å². The van der Waals surface area contributed by atoms with Crippen molar-refractivity contribution in [3.63, 3.8) is 0 Å². The smallest absolute Gasteiger partial charge is 0.296 e. The Morgan fingerprint density at radius 3 is 2.69 bits per heavy atom. The van der Waals surface area contributed by atoms with Gasteiger partial charge in [-0.15, -0.1) is 0 Å². The minimum atomic E-state index is -0.295. The van der Waals surface area contributed by atoms with E-state index in [1.807, 2.05) is 19.1 Å². The van der Waals surface area contributed by atoms with Gasteiger partial charge in [-0.3, -0.25) is 0 Å². The van der Waals surface area contributed by atoms with Gasteiger partial charge >= 0.3 is 0 Å². The second-order valence-electron chi connectivity index (χ2n) is 5.79. The van der Waals surface area contributed by atoms with Gasteiger partial charge in [0.15, 0.2) is 11.3 Å². The van der Waals surface area contributed by atoms with E-state index in [-0.39, 0.29) is 11.9 Å². The Kier molecular flexibility index (Phi) is 4.04. The van der Waals surface area contributed by atoms with Crippen LogP contribution in [-0.4, -0.2) is 17.1 Å².